The molecule has 0 aliphatic heterocycles. The monoisotopic (exact) mass is 366 g/mol. The van der Waals surface area contributed by atoms with Crippen LogP contribution in [0.4, 0.5) is 8.78 Å². The topological polar surface area (TPSA) is 82.1 Å². The molecule has 26 heavy (non-hydrogen) atoms. The molecule has 0 heterocycles. The largest absolute Gasteiger partial charge is 0.507 e. The van der Waals surface area contributed by atoms with Crippen LogP contribution < -0.4 is 9.47 Å². The summed E-state index contributed by atoms with van der Waals surface area (Å²) in [6.07, 6.45) is 0. The van der Waals surface area contributed by atoms with Crippen LogP contribution in [0.5, 0.6) is 17.2 Å². The number of aromatic hydroxyl groups is 1. The Morgan fingerprint density at radius 3 is 2.46 bits per heavy atom. The first-order chi connectivity index (χ1) is 12.3. The molecule has 0 radical (unpaired) electrons. The number of phenolic OH excluding ortho intramolecular Hbond substituents is 1. The van der Waals surface area contributed by atoms with E-state index in [-0.39, 0.29) is 28.4 Å². The Morgan fingerprint density at radius 1 is 1.12 bits per heavy atom. The van der Waals surface area contributed by atoms with Crippen LogP contribution in [-0.2, 0) is 4.74 Å². The average molecular weight is 366 g/mol. The molecule has 0 aliphatic carbocycles. The molecule has 0 atom stereocenters. The molecule has 0 amide bonds. The van der Waals surface area contributed by atoms with Crippen LogP contribution in [0.1, 0.15) is 26.3 Å². The Hall–Kier alpha value is -3.16. The minimum absolute atomic E-state index is 0.0568. The van der Waals surface area contributed by atoms with Crippen LogP contribution in [0.3, 0.4) is 0 Å². The lowest BCUT2D eigenvalue weighted by molar-refractivity contribution is -0.0512. The van der Waals surface area contributed by atoms with Gasteiger partial charge in [0.2, 0.25) is 0 Å². The van der Waals surface area contributed by atoms with E-state index in [0.717, 1.165) is 11.6 Å². The Bertz CT molecular complexity index is 819. The summed E-state index contributed by atoms with van der Waals surface area (Å²) in [5, 5.41) is 9.74. The molecular weight excluding hydrogens is 350 g/mol. The molecule has 0 aromatic heterocycles. The first-order valence-electron chi connectivity index (χ1n) is 7.44. The summed E-state index contributed by atoms with van der Waals surface area (Å²) in [5.41, 5.74) is 0.777. The number of carbonyl (C=O) groups is 2. The van der Waals surface area contributed by atoms with Gasteiger partial charge in [-0.3, -0.25) is 4.79 Å². The van der Waals surface area contributed by atoms with Crippen molar-refractivity contribution in [3.63, 3.8) is 0 Å². The summed E-state index contributed by atoms with van der Waals surface area (Å²) >= 11 is 0. The second kappa shape index (κ2) is 8.28. The van der Waals surface area contributed by atoms with E-state index < -0.39 is 25.0 Å². The molecule has 0 bridgehead atoms. The van der Waals surface area contributed by atoms with E-state index in [1.165, 1.54) is 31.4 Å². The van der Waals surface area contributed by atoms with Crippen molar-refractivity contribution < 1.29 is 37.7 Å². The fraction of sp³-hybridized carbons (Fsp3) is 0.222. The Labute approximate surface area is 147 Å². The normalized spacial score (nSPS) is 10.5. The third-order valence-corrected chi connectivity index (χ3v) is 3.41. The highest BCUT2D eigenvalue weighted by Gasteiger charge is 2.17. The number of hydrogen-bond donors (Lipinski definition) is 1. The number of esters is 1. The number of Topliss-reactive ketones (excluding diaryl/α,β-unsaturated/α-hetero) is 1. The zero-order valence-corrected chi connectivity index (χ0v) is 14.0. The van der Waals surface area contributed by atoms with Crippen molar-refractivity contribution in [2.45, 2.75) is 13.5 Å². The van der Waals surface area contributed by atoms with Gasteiger partial charge in [0.1, 0.15) is 11.3 Å². The van der Waals surface area contributed by atoms with E-state index in [1.807, 2.05) is 0 Å². The van der Waals surface area contributed by atoms with Gasteiger partial charge in [0.25, 0.3) is 0 Å². The molecule has 2 aromatic carbocycles. The fourth-order valence-electron chi connectivity index (χ4n) is 2.14. The molecule has 2 rings (SSSR count). The first-order valence-corrected chi connectivity index (χ1v) is 7.44. The van der Waals surface area contributed by atoms with Crippen LogP contribution in [0.15, 0.2) is 36.4 Å². The number of phenols is 1. The number of rotatable bonds is 7. The first kappa shape index (κ1) is 19.2. The smallest absolute Gasteiger partial charge is 0.387 e. The van der Waals surface area contributed by atoms with Crippen molar-refractivity contribution in [2.24, 2.45) is 0 Å². The van der Waals surface area contributed by atoms with Gasteiger partial charge < -0.3 is 19.3 Å². The SMILES string of the molecule is COc1cc(C(=O)COC(=O)c2ccc(C)cc2O)ccc1OC(F)F. The highest BCUT2D eigenvalue weighted by atomic mass is 19.3. The van der Waals surface area contributed by atoms with Crippen LogP contribution in [-0.4, -0.2) is 37.2 Å². The minimum atomic E-state index is -3.03. The molecule has 0 unspecified atom stereocenters. The van der Waals surface area contributed by atoms with Gasteiger partial charge >= 0.3 is 12.6 Å². The molecule has 1 N–H and O–H groups in total. The van der Waals surface area contributed by atoms with Gasteiger partial charge in [-0.05, 0) is 42.8 Å². The third kappa shape index (κ3) is 4.69. The summed E-state index contributed by atoms with van der Waals surface area (Å²) in [5.74, 6) is -1.97. The molecule has 0 aliphatic rings. The highest BCUT2D eigenvalue weighted by molar-refractivity contribution is 6.00. The lowest BCUT2D eigenvalue weighted by atomic mass is 10.1. The Kier molecular flexibility index (Phi) is 6.11. The van der Waals surface area contributed by atoms with E-state index in [1.54, 1.807) is 13.0 Å². The van der Waals surface area contributed by atoms with E-state index in [0.29, 0.717) is 0 Å². The maximum atomic E-state index is 12.3. The maximum Gasteiger partial charge on any atom is 0.387 e. The van der Waals surface area contributed by atoms with Gasteiger partial charge in [-0.15, -0.1) is 0 Å². The van der Waals surface area contributed by atoms with Crippen molar-refractivity contribution >= 4 is 11.8 Å². The molecule has 0 spiro atoms. The van der Waals surface area contributed by atoms with Gasteiger partial charge in [0.05, 0.1) is 7.11 Å². The second-order valence-corrected chi connectivity index (χ2v) is 5.26. The number of hydrogen-bond acceptors (Lipinski definition) is 6. The standard InChI is InChI=1S/C18H16F2O6/c1-10-3-5-12(13(21)7-10)17(23)25-9-14(22)11-4-6-15(26-18(19)20)16(8-11)24-2/h3-8,18,21H,9H2,1-2H3. The maximum absolute atomic E-state index is 12.3. The summed E-state index contributed by atoms with van der Waals surface area (Å²) in [6, 6.07) is 8.01. The zero-order chi connectivity index (χ0) is 19.3. The quantitative estimate of drug-likeness (QED) is 0.598. The van der Waals surface area contributed by atoms with Gasteiger partial charge in [0.15, 0.2) is 23.9 Å². The van der Waals surface area contributed by atoms with E-state index >= 15 is 0 Å². The fourth-order valence-corrected chi connectivity index (χ4v) is 2.14. The number of ketones is 1. The molecule has 138 valence electrons. The summed E-state index contributed by atoms with van der Waals surface area (Å²) in [7, 11) is 1.24. The van der Waals surface area contributed by atoms with E-state index in [2.05, 4.69) is 4.74 Å². The molecule has 2 aromatic rings. The van der Waals surface area contributed by atoms with Gasteiger partial charge in [-0.2, -0.15) is 8.78 Å². The number of halogens is 2. The summed E-state index contributed by atoms with van der Waals surface area (Å²) in [4.78, 5) is 24.1. The minimum Gasteiger partial charge on any atom is -0.507 e. The highest BCUT2D eigenvalue weighted by Crippen LogP contribution is 2.29. The summed E-state index contributed by atoms with van der Waals surface area (Å²) < 4.78 is 38.7. The average Bonchev–Trinajstić information content (AvgIpc) is 2.59. The molecule has 0 saturated heterocycles. The van der Waals surface area contributed by atoms with E-state index in [4.69, 9.17) is 9.47 Å². The van der Waals surface area contributed by atoms with Crippen molar-refractivity contribution in [1.29, 1.82) is 0 Å². The Balaban J connectivity index is 2.06. The number of ether oxygens (including phenoxy) is 3. The van der Waals surface area contributed by atoms with Crippen molar-refractivity contribution in [2.75, 3.05) is 13.7 Å². The summed E-state index contributed by atoms with van der Waals surface area (Å²) in [6.45, 7) is -1.88. The number of carbonyl (C=O) groups excluding carboxylic acids is 2. The van der Waals surface area contributed by atoms with Crippen LogP contribution in [0.2, 0.25) is 0 Å². The third-order valence-electron chi connectivity index (χ3n) is 3.41. The number of alkyl halides is 2. The zero-order valence-electron chi connectivity index (χ0n) is 14.0. The number of benzene rings is 2. The molecule has 6 nitrogen and oxygen atoms in total. The van der Waals surface area contributed by atoms with Gasteiger partial charge in [-0.25, -0.2) is 4.79 Å². The van der Waals surface area contributed by atoms with Crippen molar-refractivity contribution in [3.05, 3.63) is 53.1 Å². The van der Waals surface area contributed by atoms with Crippen molar-refractivity contribution in [1.82, 2.24) is 0 Å². The van der Waals surface area contributed by atoms with Crippen LogP contribution >= 0.6 is 0 Å². The van der Waals surface area contributed by atoms with E-state index in [9.17, 15) is 23.5 Å². The second-order valence-electron chi connectivity index (χ2n) is 5.26. The lowest BCUT2D eigenvalue weighted by Crippen LogP contribution is -2.14. The van der Waals surface area contributed by atoms with Crippen molar-refractivity contribution in [3.8, 4) is 17.2 Å². The lowest BCUT2D eigenvalue weighted by Gasteiger charge is -2.11. The molecule has 8 heteroatoms. The van der Waals surface area contributed by atoms with Gasteiger partial charge in [0, 0.05) is 5.56 Å². The van der Waals surface area contributed by atoms with Crippen LogP contribution in [0.25, 0.3) is 0 Å². The number of aryl methyl sites for hydroxylation is 1. The Morgan fingerprint density at radius 2 is 1.85 bits per heavy atom. The van der Waals surface area contributed by atoms with Gasteiger partial charge in [-0.1, -0.05) is 6.07 Å². The molecule has 0 fully saturated rings. The molecule has 0 saturated carbocycles. The predicted octanol–water partition coefficient (Wildman–Crippen LogP) is 3.35. The molecular formula is C18H16F2O6. The predicted molar refractivity (Wildman–Crippen MR) is 87.1 cm³/mol. The van der Waals surface area contributed by atoms with Crippen LogP contribution in [0, 0.1) is 6.92 Å². The number of methoxy groups -OCH3 is 1.